The van der Waals surface area contributed by atoms with Gasteiger partial charge in [0.2, 0.25) is 0 Å². The number of rotatable bonds is 4. The second-order valence-electron chi connectivity index (χ2n) is 5.62. The Balaban J connectivity index is 1.88. The third-order valence-corrected chi connectivity index (χ3v) is 4.65. The summed E-state index contributed by atoms with van der Waals surface area (Å²) in [7, 11) is 0. The van der Waals surface area contributed by atoms with Crippen molar-refractivity contribution in [3.63, 3.8) is 0 Å². The molecular weight excluding hydrogens is 344 g/mol. The number of hydrogen-bond donors (Lipinski definition) is 1. The first-order valence-corrected chi connectivity index (χ1v) is 9.08. The number of amides is 1. The van der Waals surface area contributed by atoms with Crippen molar-refractivity contribution in [1.82, 2.24) is 14.8 Å². The summed E-state index contributed by atoms with van der Waals surface area (Å²) in [5.41, 5.74) is 1.85. The second-order valence-corrected chi connectivity index (χ2v) is 6.91. The maximum Gasteiger partial charge on any atom is 0.257 e. The van der Waals surface area contributed by atoms with Gasteiger partial charge in [0.05, 0.1) is 28.7 Å². The molecule has 0 bridgehead atoms. The van der Waals surface area contributed by atoms with Crippen LogP contribution in [0.5, 0.6) is 0 Å². The van der Waals surface area contributed by atoms with Gasteiger partial charge in [0.1, 0.15) is 0 Å². The normalized spacial score (nSPS) is 11.2. The minimum atomic E-state index is -0.256. The van der Waals surface area contributed by atoms with Crippen molar-refractivity contribution in [3.8, 4) is 0 Å². The lowest BCUT2D eigenvalue weighted by Crippen LogP contribution is -2.13. The van der Waals surface area contributed by atoms with E-state index in [-0.39, 0.29) is 11.9 Å². The Bertz CT molecular complexity index is 907. The fourth-order valence-electron chi connectivity index (χ4n) is 2.39. The van der Waals surface area contributed by atoms with E-state index in [0.717, 1.165) is 15.9 Å². The molecule has 0 saturated heterocycles. The van der Waals surface area contributed by atoms with Gasteiger partial charge in [0.25, 0.3) is 5.91 Å². The predicted molar refractivity (Wildman–Crippen MR) is 99.1 cm³/mol. The monoisotopic (exact) mass is 360 g/mol. The van der Waals surface area contributed by atoms with Crippen molar-refractivity contribution in [1.29, 1.82) is 0 Å². The van der Waals surface area contributed by atoms with E-state index in [2.05, 4.69) is 15.4 Å². The molecule has 3 rings (SSSR count). The fourth-order valence-corrected chi connectivity index (χ4v) is 3.03. The highest BCUT2D eigenvalue weighted by Crippen LogP contribution is 2.25. The fraction of sp³-hybridized carbons (Fsp3) is 0.235. The molecule has 0 radical (unpaired) electrons. The van der Waals surface area contributed by atoms with Crippen molar-refractivity contribution >= 4 is 46.0 Å². The molecule has 0 unspecified atom stereocenters. The molecule has 2 aromatic heterocycles. The third-order valence-electron chi connectivity index (χ3n) is 3.60. The molecular formula is C17H17ClN4OS. The van der Waals surface area contributed by atoms with Gasteiger partial charge in [-0.2, -0.15) is 5.10 Å². The van der Waals surface area contributed by atoms with Gasteiger partial charge in [0, 0.05) is 16.3 Å². The van der Waals surface area contributed by atoms with E-state index < -0.39 is 0 Å². The zero-order valence-electron chi connectivity index (χ0n) is 13.6. The SMILES string of the molecule is CSc1ccc(Cl)c(C(=O)Nc2cnc3c(cnn3C(C)C)c2)c1. The van der Waals surface area contributed by atoms with Gasteiger partial charge in [-0.1, -0.05) is 11.6 Å². The summed E-state index contributed by atoms with van der Waals surface area (Å²) < 4.78 is 1.85. The number of carbonyl (C=O) groups is 1. The first-order chi connectivity index (χ1) is 11.5. The molecule has 24 heavy (non-hydrogen) atoms. The lowest BCUT2D eigenvalue weighted by molar-refractivity contribution is 0.102. The number of aromatic nitrogens is 3. The van der Waals surface area contributed by atoms with E-state index >= 15 is 0 Å². The molecule has 7 heteroatoms. The first kappa shape index (κ1) is 16.8. The molecule has 0 atom stereocenters. The van der Waals surface area contributed by atoms with Gasteiger partial charge in [-0.25, -0.2) is 9.67 Å². The third kappa shape index (κ3) is 3.25. The smallest absolute Gasteiger partial charge is 0.257 e. The quantitative estimate of drug-likeness (QED) is 0.688. The Morgan fingerprint density at radius 1 is 1.29 bits per heavy atom. The molecule has 0 fully saturated rings. The largest absolute Gasteiger partial charge is 0.321 e. The van der Waals surface area contributed by atoms with Crippen molar-refractivity contribution in [2.45, 2.75) is 24.8 Å². The molecule has 0 aliphatic heterocycles. The number of nitrogens with one attached hydrogen (secondary N) is 1. The van der Waals surface area contributed by atoms with Crippen LogP contribution in [0.15, 0.2) is 41.6 Å². The van der Waals surface area contributed by atoms with E-state index in [1.807, 2.05) is 36.9 Å². The van der Waals surface area contributed by atoms with Crippen LogP contribution in [0, 0.1) is 0 Å². The Kier molecular flexibility index (Phi) is 4.78. The van der Waals surface area contributed by atoms with Gasteiger partial charge >= 0.3 is 0 Å². The topological polar surface area (TPSA) is 59.8 Å². The lowest BCUT2D eigenvalue weighted by atomic mass is 10.2. The minimum absolute atomic E-state index is 0.225. The summed E-state index contributed by atoms with van der Waals surface area (Å²) in [6, 6.07) is 7.49. The molecule has 3 aromatic rings. The van der Waals surface area contributed by atoms with E-state index in [4.69, 9.17) is 11.6 Å². The van der Waals surface area contributed by atoms with Crippen LogP contribution in [0.3, 0.4) is 0 Å². The average molecular weight is 361 g/mol. The molecule has 0 aliphatic rings. The van der Waals surface area contributed by atoms with Gasteiger partial charge in [0.15, 0.2) is 5.65 Å². The number of benzene rings is 1. The zero-order chi connectivity index (χ0) is 17.3. The van der Waals surface area contributed by atoms with Crippen molar-refractivity contribution in [3.05, 3.63) is 47.2 Å². The van der Waals surface area contributed by atoms with E-state index in [1.54, 1.807) is 36.3 Å². The highest BCUT2D eigenvalue weighted by Gasteiger charge is 2.13. The van der Waals surface area contributed by atoms with Crippen molar-refractivity contribution in [2.24, 2.45) is 0 Å². The van der Waals surface area contributed by atoms with Crippen molar-refractivity contribution < 1.29 is 4.79 Å². The van der Waals surface area contributed by atoms with Gasteiger partial charge in [-0.05, 0) is 44.4 Å². The second kappa shape index (κ2) is 6.83. The van der Waals surface area contributed by atoms with Crippen LogP contribution in [-0.2, 0) is 0 Å². The van der Waals surface area contributed by atoms with Gasteiger partial charge in [-0.3, -0.25) is 4.79 Å². The number of halogens is 1. The summed E-state index contributed by atoms with van der Waals surface area (Å²) in [6.45, 7) is 4.09. The number of thioether (sulfide) groups is 1. The number of hydrogen-bond acceptors (Lipinski definition) is 4. The maximum absolute atomic E-state index is 12.5. The number of fused-ring (bicyclic) bond motifs is 1. The summed E-state index contributed by atoms with van der Waals surface area (Å²) in [5.74, 6) is -0.256. The molecule has 1 aromatic carbocycles. The Morgan fingerprint density at radius 3 is 2.79 bits per heavy atom. The number of anilines is 1. The Labute approximate surface area is 149 Å². The zero-order valence-corrected chi connectivity index (χ0v) is 15.1. The maximum atomic E-state index is 12.5. The molecule has 5 nitrogen and oxygen atoms in total. The van der Waals surface area contributed by atoms with E-state index in [1.165, 1.54) is 0 Å². The molecule has 0 spiro atoms. The standard InChI is InChI=1S/C17H17ClN4OS/c1-10(2)22-16-11(8-20-22)6-12(9-19-16)21-17(23)14-7-13(24-3)4-5-15(14)18/h4-10H,1-3H3,(H,21,23). The van der Waals surface area contributed by atoms with Crippen molar-refractivity contribution in [2.75, 3.05) is 11.6 Å². The summed E-state index contributed by atoms with van der Waals surface area (Å²) in [6.07, 6.45) is 5.33. The summed E-state index contributed by atoms with van der Waals surface area (Å²) >= 11 is 7.71. The summed E-state index contributed by atoms with van der Waals surface area (Å²) in [4.78, 5) is 17.9. The first-order valence-electron chi connectivity index (χ1n) is 7.47. The number of carbonyl (C=O) groups excluding carboxylic acids is 1. The van der Waals surface area contributed by atoms with Crippen LogP contribution in [0.1, 0.15) is 30.2 Å². The Hall–Kier alpha value is -2.05. The highest BCUT2D eigenvalue weighted by molar-refractivity contribution is 7.98. The highest BCUT2D eigenvalue weighted by atomic mass is 35.5. The van der Waals surface area contributed by atoms with Crippen LogP contribution in [0.25, 0.3) is 11.0 Å². The van der Waals surface area contributed by atoms with E-state index in [9.17, 15) is 4.79 Å². The van der Waals surface area contributed by atoms with Crippen LogP contribution in [-0.4, -0.2) is 26.9 Å². The van der Waals surface area contributed by atoms with Crippen LogP contribution in [0.2, 0.25) is 5.02 Å². The van der Waals surface area contributed by atoms with Crippen LogP contribution in [0.4, 0.5) is 5.69 Å². The van der Waals surface area contributed by atoms with Crippen LogP contribution >= 0.6 is 23.4 Å². The molecule has 1 N–H and O–H groups in total. The molecule has 2 heterocycles. The van der Waals surface area contributed by atoms with Gasteiger partial charge < -0.3 is 5.32 Å². The minimum Gasteiger partial charge on any atom is -0.321 e. The van der Waals surface area contributed by atoms with Gasteiger partial charge in [-0.15, -0.1) is 11.8 Å². The summed E-state index contributed by atoms with van der Waals surface area (Å²) in [5, 5.41) is 8.48. The molecule has 0 saturated carbocycles. The Morgan fingerprint density at radius 2 is 2.08 bits per heavy atom. The average Bonchev–Trinajstić information content (AvgIpc) is 2.98. The molecule has 124 valence electrons. The lowest BCUT2D eigenvalue weighted by Gasteiger charge is -2.09. The van der Waals surface area contributed by atoms with E-state index in [0.29, 0.717) is 16.3 Å². The number of pyridine rings is 1. The molecule has 0 aliphatic carbocycles. The predicted octanol–water partition coefficient (Wildman–Crippen LogP) is 4.64. The number of nitrogens with zero attached hydrogens (tertiary/aromatic N) is 3. The van der Waals surface area contributed by atoms with Crippen LogP contribution < -0.4 is 5.32 Å². The molecule has 1 amide bonds.